The van der Waals surface area contributed by atoms with Gasteiger partial charge in [0, 0.05) is 24.0 Å². The molecule has 0 bridgehead atoms. The number of nitrogens with one attached hydrogen (secondary N) is 1. The maximum atomic E-state index is 12.2. The van der Waals surface area contributed by atoms with E-state index in [-0.39, 0.29) is 5.91 Å². The van der Waals surface area contributed by atoms with Crippen LogP contribution >= 0.6 is 0 Å². The van der Waals surface area contributed by atoms with Gasteiger partial charge in [0.2, 0.25) is 0 Å². The minimum atomic E-state index is -0.528. The first-order valence-corrected chi connectivity index (χ1v) is 9.02. The Morgan fingerprint density at radius 2 is 2.00 bits per heavy atom. The van der Waals surface area contributed by atoms with Crippen LogP contribution in [0.3, 0.4) is 0 Å². The molecule has 4 nitrogen and oxygen atoms in total. The second kappa shape index (κ2) is 6.79. The van der Waals surface area contributed by atoms with Crippen molar-refractivity contribution in [3.63, 3.8) is 0 Å². The fraction of sp³-hybridized carbons (Fsp3) is 0.273. The molecule has 26 heavy (non-hydrogen) atoms. The summed E-state index contributed by atoms with van der Waals surface area (Å²) in [5.74, 6) is 0.637. The molecular formula is C22H22N2O2. The van der Waals surface area contributed by atoms with E-state index in [1.54, 1.807) is 6.92 Å². The number of ether oxygens (including phenoxy) is 1. The maximum absolute atomic E-state index is 12.2. The van der Waals surface area contributed by atoms with Gasteiger partial charge in [-0.2, -0.15) is 0 Å². The van der Waals surface area contributed by atoms with Crippen molar-refractivity contribution in [1.82, 2.24) is 10.3 Å². The number of aromatic nitrogens is 1. The van der Waals surface area contributed by atoms with Crippen LogP contribution in [0.15, 0.2) is 54.9 Å². The van der Waals surface area contributed by atoms with Crippen molar-refractivity contribution in [1.29, 1.82) is 0 Å². The molecule has 3 aromatic rings. The van der Waals surface area contributed by atoms with E-state index in [1.807, 2.05) is 43.6 Å². The van der Waals surface area contributed by atoms with E-state index in [0.29, 0.717) is 11.8 Å². The first-order chi connectivity index (χ1) is 12.6. The van der Waals surface area contributed by atoms with Gasteiger partial charge in [0.05, 0.1) is 0 Å². The molecule has 1 fully saturated rings. The molecule has 1 unspecified atom stereocenters. The number of hydrogen-bond acceptors (Lipinski definition) is 3. The van der Waals surface area contributed by atoms with Crippen LogP contribution in [-0.2, 0) is 4.79 Å². The predicted molar refractivity (Wildman–Crippen MR) is 103 cm³/mol. The lowest BCUT2D eigenvalue weighted by atomic mass is 9.98. The van der Waals surface area contributed by atoms with Gasteiger partial charge in [0.25, 0.3) is 5.91 Å². The van der Waals surface area contributed by atoms with Crippen LogP contribution in [0.4, 0.5) is 0 Å². The van der Waals surface area contributed by atoms with Crippen molar-refractivity contribution < 1.29 is 9.53 Å². The Morgan fingerprint density at radius 3 is 2.77 bits per heavy atom. The number of rotatable bonds is 5. The third kappa shape index (κ3) is 3.54. The summed E-state index contributed by atoms with van der Waals surface area (Å²) in [6, 6.07) is 14.6. The summed E-state index contributed by atoms with van der Waals surface area (Å²) in [7, 11) is 0. The number of aryl methyl sites for hydroxylation is 1. The molecule has 1 amide bonds. The molecule has 0 saturated heterocycles. The number of pyridine rings is 1. The first kappa shape index (κ1) is 16.6. The van der Waals surface area contributed by atoms with Crippen LogP contribution in [0.5, 0.6) is 5.75 Å². The number of carbonyl (C=O) groups excluding carboxylic acids is 1. The van der Waals surface area contributed by atoms with Gasteiger partial charge in [0.15, 0.2) is 6.10 Å². The Hall–Kier alpha value is -2.88. The fourth-order valence-electron chi connectivity index (χ4n) is 3.10. The summed E-state index contributed by atoms with van der Waals surface area (Å²) in [5, 5.41) is 5.21. The molecule has 1 heterocycles. The fourth-order valence-corrected chi connectivity index (χ4v) is 3.10. The van der Waals surface area contributed by atoms with Gasteiger partial charge in [-0.05, 0) is 66.8 Å². The highest BCUT2D eigenvalue weighted by Gasteiger charge is 2.26. The van der Waals surface area contributed by atoms with Crippen LogP contribution in [0.25, 0.3) is 21.9 Å². The van der Waals surface area contributed by atoms with E-state index in [1.165, 1.54) is 0 Å². The lowest BCUT2D eigenvalue weighted by molar-refractivity contribution is -0.127. The molecule has 1 aliphatic carbocycles. The van der Waals surface area contributed by atoms with Crippen LogP contribution in [0.2, 0.25) is 0 Å². The van der Waals surface area contributed by atoms with Crippen molar-refractivity contribution in [2.45, 2.75) is 38.8 Å². The zero-order chi connectivity index (χ0) is 18.1. The van der Waals surface area contributed by atoms with Gasteiger partial charge in [-0.25, -0.2) is 0 Å². The maximum Gasteiger partial charge on any atom is 0.260 e. The Bertz CT molecular complexity index is 963. The second-order valence-electron chi connectivity index (χ2n) is 6.99. The highest BCUT2D eigenvalue weighted by atomic mass is 16.5. The molecule has 0 aliphatic heterocycles. The highest BCUT2D eigenvalue weighted by molar-refractivity contribution is 5.98. The van der Waals surface area contributed by atoms with E-state index < -0.39 is 6.10 Å². The van der Waals surface area contributed by atoms with Crippen LogP contribution < -0.4 is 10.1 Å². The first-order valence-electron chi connectivity index (χ1n) is 9.02. The largest absolute Gasteiger partial charge is 0.481 e. The molecule has 0 spiro atoms. The standard InChI is InChI=1S/C22H22N2O2/c1-14-9-17(13-23-12-14)21-11-19(10-16-5-3-4-6-20(16)21)26-15(2)22(25)24-18-7-8-18/h3-6,9-13,15,18H,7-8H2,1-2H3,(H,24,25). The van der Waals surface area contributed by atoms with Crippen molar-refractivity contribution in [2.75, 3.05) is 0 Å². The molecule has 1 aromatic heterocycles. The number of fused-ring (bicyclic) bond motifs is 1. The zero-order valence-corrected chi connectivity index (χ0v) is 15.0. The summed E-state index contributed by atoms with van der Waals surface area (Å²) >= 11 is 0. The third-order valence-electron chi connectivity index (χ3n) is 4.63. The SMILES string of the molecule is Cc1cncc(-c2cc(OC(C)C(=O)NC3CC3)cc3ccccc23)c1. The molecule has 4 heteroatoms. The minimum absolute atomic E-state index is 0.0561. The molecule has 4 rings (SSSR count). The van der Waals surface area contributed by atoms with E-state index in [4.69, 9.17) is 4.74 Å². The molecule has 0 radical (unpaired) electrons. The quantitative estimate of drug-likeness (QED) is 0.751. The molecule has 1 atom stereocenters. The Balaban J connectivity index is 1.70. The molecule has 1 aliphatic rings. The summed E-state index contributed by atoms with van der Waals surface area (Å²) < 4.78 is 5.97. The average Bonchev–Trinajstić information content (AvgIpc) is 3.45. The van der Waals surface area contributed by atoms with Crippen LogP contribution in [-0.4, -0.2) is 23.0 Å². The van der Waals surface area contributed by atoms with Gasteiger partial charge >= 0.3 is 0 Å². The summed E-state index contributed by atoms with van der Waals surface area (Å²) in [6.45, 7) is 3.82. The Morgan fingerprint density at radius 1 is 1.19 bits per heavy atom. The number of nitrogens with zero attached hydrogens (tertiary/aromatic N) is 1. The molecule has 1 saturated carbocycles. The normalized spacial score (nSPS) is 14.8. The van der Waals surface area contributed by atoms with Crippen molar-refractivity contribution in [3.8, 4) is 16.9 Å². The number of hydrogen-bond donors (Lipinski definition) is 1. The Kier molecular flexibility index (Phi) is 4.33. The van der Waals surface area contributed by atoms with E-state index in [0.717, 1.165) is 40.3 Å². The summed E-state index contributed by atoms with van der Waals surface area (Å²) in [4.78, 5) is 16.5. The topological polar surface area (TPSA) is 51.2 Å². The smallest absolute Gasteiger partial charge is 0.260 e. The zero-order valence-electron chi connectivity index (χ0n) is 15.0. The van der Waals surface area contributed by atoms with Crippen molar-refractivity contribution in [2.24, 2.45) is 0 Å². The molecular weight excluding hydrogens is 324 g/mol. The lowest BCUT2D eigenvalue weighted by Crippen LogP contribution is -2.37. The summed E-state index contributed by atoms with van der Waals surface area (Å²) in [5.41, 5.74) is 3.21. The number of amides is 1. The third-order valence-corrected chi connectivity index (χ3v) is 4.63. The monoisotopic (exact) mass is 346 g/mol. The average molecular weight is 346 g/mol. The Labute approximate surface area is 153 Å². The lowest BCUT2D eigenvalue weighted by Gasteiger charge is -2.17. The van der Waals surface area contributed by atoms with Crippen LogP contribution in [0, 0.1) is 6.92 Å². The van der Waals surface area contributed by atoms with Crippen molar-refractivity contribution >= 4 is 16.7 Å². The van der Waals surface area contributed by atoms with E-state index >= 15 is 0 Å². The van der Waals surface area contributed by atoms with Gasteiger partial charge in [0.1, 0.15) is 5.75 Å². The van der Waals surface area contributed by atoms with Gasteiger partial charge in [-0.1, -0.05) is 24.3 Å². The van der Waals surface area contributed by atoms with E-state index in [9.17, 15) is 4.79 Å². The molecule has 132 valence electrons. The van der Waals surface area contributed by atoms with Crippen LogP contribution in [0.1, 0.15) is 25.3 Å². The highest BCUT2D eigenvalue weighted by Crippen LogP contribution is 2.33. The van der Waals surface area contributed by atoms with E-state index in [2.05, 4.69) is 28.5 Å². The second-order valence-corrected chi connectivity index (χ2v) is 6.99. The van der Waals surface area contributed by atoms with Gasteiger partial charge in [-0.3, -0.25) is 9.78 Å². The number of carbonyl (C=O) groups is 1. The molecule has 1 N–H and O–H groups in total. The predicted octanol–water partition coefficient (Wildman–Crippen LogP) is 4.26. The minimum Gasteiger partial charge on any atom is -0.481 e. The van der Waals surface area contributed by atoms with Gasteiger partial charge in [-0.15, -0.1) is 0 Å². The molecule has 2 aromatic carbocycles. The summed E-state index contributed by atoms with van der Waals surface area (Å²) in [6.07, 6.45) is 5.32. The van der Waals surface area contributed by atoms with Gasteiger partial charge < -0.3 is 10.1 Å². The van der Waals surface area contributed by atoms with Crippen molar-refractivity contribution in [3.05, 3.63) is 60.4 Å². The number of benzene rings is 2.